The molecule has 5 nitrogen and oxygen atoms in total. The number of anilines is 3. The van der Waals surface area contributed by atoms with Gasteiger partial charge >= 0.3 is 0 Å². The lowest BCUT2D eigenvalue weighted by atomic mass is 10.1. The highest BCUT2D eigenvalue weighted by molar-refractivity contribution is 5.67. The third-order valence-electron chi connectivity index (χ3n) is 3.66. The van der Waals surface area contributed by atoms with Crippen LogP contribution in [-0.2, 0) is 0 Å². The average Bonchev–Trinajstić information content (AvgIpc) is 2.66. The second-order valence-electron chi connectivity index (χ2n) is 5.78. The maximum atomic E-state index is 13.9. The number of halogens is 2. The molecule has 0 spiro atoms. The smallest absolute Gasteiger partial charge is 0.225 e. The Hall–Kier alpha value is -3.06. The summed E-state index contributed by atoms with van der Waals surface area (Å²) in [7, 11) is 0. The lowest BCUT2D eigenvalue weighted by Gasteiger charge is -2.14. The molecule has 0 fully saturated rings. The molecule has 0 aliphatic rings. The summed E-state index contributed by atoms with van der Waals surface area (Å²) in [6, 6.07) is 14.7. The summed E-state index contributed by atoms with van der Waals surface area (Å²) in [4.78, 5) is 8.71. The van der Waals surface area contributed by atoms with Crippen LogP contribution in [0, 0.1) is 11.6 Å². The number of nitrogens with one attached hydrogen (secondary N) is 2. The quantitative estimate of drug-likeness (QED) is 0.624. The molecular weight excluding hydrogens is 338 g/mol. The number of nitrogens with zero attached hydrogens (tertiary/aromatic N) is 2. The highest BCUT2D eigenvalue weighted by Gasteiger charge is 2.12. The van der Waals surface area contributed by atoms with Gasteiger partial charge in [0.1, 0.15) is 5.82 Å². The topological polar surface area (TPSA) is 70.1 Å². The molecule has 134 valence electrons. The van der Waals surface area contributed by atoms with Gasteiger partial charge < -0.3 is 15.7 Å². The Morgan fingerprint density at radius 2 is 1.81 bits per heavy atom. The van der Waals surface area contributed by atoms with Crippen molar-refractivity contribution < 1.29 is 13.9 Å². The van der Waals surface area contributed by atoms with Crippen molar-refractivity contribution in [3.8, 4) is 11.3 Å². The first-order chi connectivity index (χ1) is 12.6. The van der Waals surface area contributed by atoms with Crippen LogP contribution >= 0.6 is 0 Å². The molecule has 1 atom stereocenters. The minimum atomic E-state index is -0.981. The van der Waals surface area contributed by atoms with E-state index in [1.54, 1.807) is 13.0 Å². The molecule has 2 aromatic carbocycles. The van der Waals surface area contributed by atoms with Gasteiger partial charge in [0.25, 0.3) is 0 Å². The SMILES string of the molecule is C[C@H](CO)Nc1nc(Nc2cccc(F)c2F)cc(-c2ccccc2)n1. The Morgan fingerprint density at radius 1 is 1.04 bits per heavy atom. The van der Waals surface area contributed by atoms with Crippen molar-refractivity contribution >= 4 is 17.5 Å². The number of aliphatic hydroxyl groups is 1. The average molecular weight is 356 g/mol. The van der Waals surface area contributed by atoms with Gasteiger partial charge in [-0.15, -0.1) is 0 Å². The maximum Gasteiger partial charge on any atom is 0.225 e. The molecule has 0 unspecified atom stereocenters. The zero-order valence-corrected chi connectivity index (χ0v) is 14.1. The molecule has 0 radical (unpaired) electrons. The Balaban J connectivity index is 2.00. The fourth-order valence-electron chi connectivity index (χ4n) is 2.34. The van der Waals surface area contributed by atoms with Gasteiger partial charge in [-0.3, -0.25) is 0 Å². The zero-order valence-electron chi connectivity index (χ0n) is 14.1. The van der Waals surface area contributed by atoms with Crippen molar-refractivity contribution in [2.75, 3.05) is 17.2 Å². The van der Waals surface area contributed by atoms with Crippen LogP contribution in [0.3, 0.4) is 0 Å². The highest BCUT2D eigenvalue weighted by atomic mass is 19.2. The normalized spacial score (nSPS) is 11.8. The molecular formula is C19H18F2N4O. The van der Waals surface area contributed by atoms with Crippen LogP contribution in [0.2, 0.25) is 0 Å². The van der Waals surface area contributed by atoms with Gasteiger partial charge in [-0.1, -0.05) is 36.4 Å². The van der Waals surface area contributed by atoms with Gasteiger partial charge in [-0.2, -0.15) is 4.98 Å². The largest absolute Gasteiger partial charge is 0.394 e. The molecule has 26 heavy (non-hydrogen) atoms. The van der Waals surface area contributed by atoms with Crippen LogP contribution in [0.4, 0.5) is 26.2 Å². The van der Waals surface area contributed by atoms with Crippen molar-refractivity contribution in [3.63, 3.8) is 0 Å². The predicted molar refractivity (Wildman–Crippen MR) is 97.3 cm³/mol. The number of hydrogen-bond acceptors (Lipinski definition) is 5. The fourth-order valence-corrected chi connectivity index (χ4v) is 2.34. The third kappa shape index (κ3) is 4.12. The van der Waals surface area contributed by atoms with E-state index < -0.39 is 11.6 Å². The van der Waals surface area contributed by atoms with Gasteiger partial charge in [0.2, 0.25) is 5.95 Å². The van der Waals surface area contributed by atoms with Gasteiger partial charge in [0.15, 0.2) is 11.6 Å². The van der Waals surface area contributed by atoms with Crippen LogP contribution in [0.5, 0.6) is 0 Å². The molecule has 0 amide bonds. The highest BCUT2D eigenvalue weighted by Crippen LogP contribution is 2.25. The summed E-state index contributed by atoms with van der Waals surface area (Å²) in [5, 5.41) is 15.0. The van der Waals surface area contributed by atoms with Gasteiger partial charge in [0.05, 0.1) is 18.0 Å². The van der Waals surface area contributed by atoms with E-state index in [1.807, 2.05) is 30.3 Å². The summed E-state index contributed by atoms with van der Waals surface area (Å²) in [5.41, 5.74) is 1.42. The van der Waals surface area contributed by atoms with E-state index in [0.717, 1.165) is 11.6 Å². The van der Waals surface area contributed by atoms with Gasteiger partial charge in [-0.05, 0) is 19.1 Å². The second-order valence-corrected chi connectivity index (χ2v) is 5.78. The van der Waals surface area contributed by atoms with E-state index >= 15 is 0 Å². The monoisotopic (exact) mass is 356 g/mol. The molecule has 3 N–H and O–H groups in total. The first-order valence-electron chi connectivity index (χ1n) is 8.09. The number of benzene rings is 2. The second kappa shape index (κ2) is 7.88. The molecule has 0 bridgehead atoms. The first-order valence-corrected chi connectivity index (χ1v) is 8.09. The minimum absolute atomic E-state index is 0.0242. The van der Waals surface area contributed by atoms with Crippen LogP contribution < -0.4 is 10.6 Å². The van der Waals surface area contributed by atoms with Crippen LogP contribution in [-0.4, -0.2) is 27.7 Å². The molecule has 0 saturated carbocycles. The van der Waals surface area contributed by atoms with E-state index in [0.29, 0.717) is 11.5 Å². The van der Waals surface area contributed by atoms with E-state index in [4.69, 9.17) is 0 Å². The van der Waals surface area contributed by atoms with Crippen LogP contribution in [0.15, 0.2) is 54.6 Å². The number of rotatable bonds is 6. The van der Waals surface area contributed by atoms with E-state index in [-0.39, 0.29) is 24.3 Å². The summed E-state index contributed by atoms with van der Waals surface area (Å²) in [6.45, 7) is 1.68. The summed E-state index contributed by atoms with van der Waals surface area (Å²) in [5.74, 6) is -1.35. The summed E-state index contributed by atoms with van der Waals surface area (Å²) in [6.07, 6.45) is 0. The predicted octanol–water partition coefficient (Wildman–Crippen LogP) is 3.96. The van der Waals surface area contributed by atoms with Crippen LogP contribution in [0.1, 0.15) is 6.92 Å². The van der Waals surface area contributed by atoms with Crippen molar-refractivity contribution in [1.82, 2.24) is 9.97 Å². The number of aromatic nitrogens is 2. The van der Waals surface area contributed by atoms with E-state index in [9.17, 15) is 13.9 Å². The van der Waals surface area contributed by atoms with Crippen molar-refractivity contribution in [2.24, 2.45) is 0 Å². The standard InChI is InChI=1S/C19H18F2N4O/c1-12(11-26)22-19-24-16(13-6-3-2-4-7-13)10-17(25-19)23-15-9-5-8-14(20)18(15)21/h2-10,12,26H,11H2,1H3,(H2,22,23,24,25)/t12-/m1/s1. The number of hydrogen-bond donors (Lipinski definition) is 3. The molecule has 1 heterocycles. The van der Waals surface area contributed by atoms with Crippen molar-refractivity contribution in [1.29, 1.82) is 0 Å². The lowest BCUT2D eigenvalue weighted by Crippen LogP contribution is -2.21. The van der Waals surface area contributed by atoms with Gasteiger partial charge in [-0.25, -0.2) is 13.8 Å². The van der Waals surface area contributed by atoms with Gasteiger partial charge in [0, 0.05) is 17.7 Å². The Morgan fingerprint density at radius 3 is 2.54 bits per heavy atom. The Bertz CT molecular complexity index is 890. The molecule has 7 heteroatoms. The Kier molecular flexibility index (Phi) is 5.38. The van der Waals surface area contributed by atoms with E-state index in [2.05, 4.69) is 20.6 Å². The molecule has 3 aromatic rings. The number of aliphatic hydroxyl groups excluding tert-OH is 1. The molecule has 0 saturated heterocycles. The molecule has 3 rings (SSSR count). The van der Waals surface area contributed by atoms with Crippen molar-refractivity contribution in [3.05, 3.63) is 66.2 Å². The summed E-state index contributed by atoms with van der Waals surface area (Å²) < 4.78 is 27.4. The summed E-state index contributed by atoms with van der Waals surface area (Å²) >= 11 is 0. The van der Waals surface area contributed by atoms with Crippen molar-refractivity contribution in [2.45, 2.75) is 13.0 Å². The molecule has 1 aromatic heterocycles. The fraction of sp³-hybridized carbons (Fsp3) is 0.158. The minimum Gasteiger partial charge on any atom is -0.394 e. The maximum absolute atomic E-state index is 13.9. The molecule has 0 aliphatic heterocycles. The third-order valence-corrected chi connectivity index (χ3v) is 3.66. The lowest BCUT2D eigenvalue weighted by molar-refractivity contribution is 0.281. The van der Waals surface area contributed by atoms with Crippen LogP contribution in [0.25, 0.3) is 11.3 Å². The first kappa shape index (κ1) is 17.8. The molecule has 0 aliphatic carbocycles. The van der Waals surface area contributed by atoms with E-state index in [1.165, 1.54) is 12.1 Å². The zero-order chi connectivity index (χ0) is 18.5. The Labute approximate surface area is 149 Å².